The summed E-state index contributed by atoms with van der Waals surface area (Å²) in [6.45, 7) is 3.14. The number of fused-ring (bicyclic) bond motifs is 1. The van der Waals surface area contributed by atoms with Gasteiger partial charge < -0.3 is 14.4 Å². The smallest absolute Gasteiger partial charge is 0.222 e. The molecule has 0 unspecified atom stereocenters. The Kier molecular flexibility index (Phi) is 5.94. The van der Waals surface area contributed by atoms with E-state index in [4.69, 9.17) is 9.47 Å². The predicted octanol–water partition coefficient (Wildman–Crippen LogP) is 3.72. The highest BCUT2D eigenvalue weighted by Gasteiger charge is 2.41. The summed E-state index contributed by atoms with van der Waals surface area (Å²) in [4.78, 5) is 14.8. The van der Waals surface area contributed by atoms with E-state index in [1.54, 1.807) is 0 Å². The highest BCUT2D eigenvalue weighted by Crippen LogP contribution is 2.34. The van der Waals surface area contributed by atoms with Crippen LogP contribution >= 0.6 is 0 Å². The number of hydrogen-bond donors (Lipinski definition) is 0. The average molecular weight is 425 g/mol. The first-order chi connectivity index (χ1) is 15.2. The van der Waals surface area contributed by atoms with E-state index < -0.39 is 0 Å². The van der Waals surface area contributed by atoms with Gasteiger partial charge in [0.1, 0.15) is 18.1 Å². The van der Waals surface area contributed by atoms with E-state index in [1.807, 2.05) is 35.0 Å². The van der Waals surface area contributed by atoms with Gasteiger partial charge in [0.05, 0.1) is 24.4 Å². The molecule has 2 fully saturated rings. The summed E-state index contributed by atoms with van der Waals surface area (Å²) in [5, 5.41) is 8.72. The first kappa shape index (κ1) is 20.5. The maximum absolute atomic E-state index is 12.8. The number of amides is 1. The van der Waals surface area contributed by atoms with E-state index in [2.05, 4.69) is 15.2 Å². The van der Waals surface area contributed by atoms with Crippen LogP contribution in [0.25, 0.3) is 0 Å². The lowest BCUT2D eigenvalue weighted by molar-refractivity contribution is -0.147. The molecule has 2 aromatic rings. The van der Waals surface area contributed by atoms with Gasteiger partial charge in [-0.05, 0) is 43.7 Å². The van der Waals surface area contributed by atoms with Crippen molar-refractivity contribution in [1.82, 2.24) is 19.9 Å². The number of ether oxygens (including phenoxy) is 2. The van der Waals surface area contributed by atoms with Crippen molar-refractivity contribution in [3.05, 3.63) is 41.7 Å². The molecule has 1 saturated heterocycles. The van der Waals surface area contributed by atoms with E-state index in [1.165, 1.54) is 32.1 Å². The van der Waals surface area contributed by atoms with Gasteiger partial charge in [-0.1, -0.05) is 42.7 Å². The number of para-hydroxylation sites is 1. The van der Waals surface area contributed by atoms with Gasteiger partial charge in [0.15, 0.2) is 0 Å². The fourth-order valence-electron chi connectivity index (χ4n) is 5.21. The van der Waals surface area contributed by atoms with Crippen LogP contribution in [0.15, 0.2) is 30.3 Å². The molecule has 1 aliphatic carbocycles. The van der Waals surface area contributed by atoms with Crippen molar-refractivity contribution >= 4 is 5.91 Å². The second kappa shape index (κ2) is 8.99. The van der Waals surface area contributed by atoms with Crippen molar-refractivity contribution in [3.63, 3.8) is 0 Å². The lowest BCUT2D eigenvalue weighted by Gasteiger charge is -2.44. The predicted molar refractivity (Wildman–Crippen MR) is 115 cm³/mol. The molecule has 1 spiro atoms. The van der Waals surface area contributed by atoms with Crippen LogP contribution in [0.5, 0.6) is 5.75 Å². The van der Waals surface area contributed by atoms with E-state index in [0.29, 0.717) is 31.6 Å². The summed E-state index contributed by atoms with van der Waals surface area (Å²) in [7, 11) is 0. The van der Waals surface area contributed by atoms with Crippen LogP contribution in [0.1, 0.15) is 62.8 Å². The standard InChI is InChI=1S/C24H32N4O3/c29-23(15-19-7-3-1-4-8-19)27-13-11-24(12-14-27)18-28-22(17-31-24)21(25-26-28)16-30-20-9-5-2-6-10-20/h2,5-6,9-10,19H,1,3-4,7-8,11-18H2. The summed E-state index contributed by atoms with van der Waals surface area (Å²) in [6.07, 6.45) is 8.79. The van der Waals surface area contributed by atoms with Crippen molar-refractivity contribution in [1.29, 1.82) is 0 Å². The second-order valence-corrected chi connectivity index (χ2v) is 9.30. The quantitative estimate of drug-likeness (QED) is 0.732. The first-order valence-corrected chi connectivity index (χ1v) is 11.7. The van der Waals surface area contributed by atoms with Gasteiger partial charge in [0.2, 0.25) is 5.91 Å². The number of hydrogen-bond acceptors (Lipinski definition) is 5. The largest absolute Gasteiger partial charge is 0.487 e. The molecule has 0 atom stereocenters. The Bertz CT molecular complexity index is 883. The van der Waals surface area contributed by atoms with Crippen molar-refractivity contribution in [3.8, 4) is 5.75 Å². The molecule has 1 aromatic heterocycles. The van der Waals surface area contributed by atoms with Crippen LogP contribution in [0.2, 0.25) is 0 Å². The fourth-order valence-corrected chi connectivity index (χ4v) is 5.21. The zero-order chi connectivity index (χ0) is 21.1. The van der Waals surface area contributed by atoms with Crippen molar-refractivity contribution < 1.29 is 14.3 Å². The van der Waals surface area contributed by atoms with Crippen LogP contribution in [0, 0.1) is 5.92 Å². The molecule has 1 aromatic carbocycles. The molecule has 166 valence electrons. The molecule has 3 heterocycles. The molecule has 7 nitrogen and oxygen atoms in total. The van der Waals surface area contributed by atoms with Gasteiger partial charge in [-0.15, -0.1) is 5.10 Å². The molecule has 0 radical (unpaired) electrons. The first-order valence-electron chi connectivity index (χ1n) is 11.7. The lowest BCUT2D eigenvalue weighted by Crippen LogP contribution is -2.52. The molecule has 31 heavy (non-hydrogen) atoms. The second-order valence-electron chi connectivity index (χ2n) is 9.30. The van der Waals surface area contributed by atoms with Crippen LogP contribution in [-0.4, -0.2) is 44.5 Å². The maximum atomic E-state index is 12.8. The minimum Gasteiger partial charge on any atom is -0.487 e. The Balaban J connectivity index is 1.15. The summed E-state index contributed by atoms with van der Waals surface area (Å²) in [5.74, 6) is 1.75. The van der Waals surface area contributed by atoms with Crippen LogP contribution in [0.4, 0.5) is 0 Å². The highest BCUT2D eigenvalue weighted by molar-refractivity contribution is 5.76. The van der Waals surface area contributed by atoms with Crippen LogP contribution in [-0.2, 0) is 29.3 Å². The van der Waals surface area contributed by atoms with Crippen molar-refractivity contribution in [2.24, 2.45) is 5.92 Å². The molecular formula is C24H32N4O3. The van der Waals surface area contributed by atoms with Crippen LogP contribution in [0.3, 0.4) is 0 Å². The van der Waals surface area contributed by atoms with E-state index in [-0.39, 0.29) is 5.60 Å². The SMILES string of the molecule is O=C(CC1CCCCC1)N1CCC2(CC1)Cn1nnc(COc3ccccc3)c1CO2. The van der Waals surface area contributed by atoms with Gasteiger partial charge in [0.25, 0.3) is 0 Å². The van der Waals surface area contributed by atoms with Crippen molar-refractivity contribution in [2.45, 2.75) is 76.7 Å². The van der Waals surface area contributed by atoms with E-state index in [0.717, 1.165) is 49.5 Å². The number of carbonyl (C=O) groups excluding carboxylic acids is 1. The van der Waals surface area contributed by atoms with E-state index >= 15 is 0 Å². The van der Waals surface area contributed by atoms with Crippen molar-refractivity contribution in [2.75, 3.05) is 13.1 Å². The minimum atomic E-state index is -0.236. The van der Waals surface area contributed by atoms with Gasteiger partial charge in [-0.2, -0.15) is 0 Å². The van der Waals surface area contributed by atoms with Gasteiger partial charge in [0, 0.05) is 19.5 Å². The molecule has 7 heteroatoms. The Morgan fingerprint density at radius 2 is 1.90 bits per heavy atom. The number of piperidine rings is 1. The highest BCUT2D eigenvalue weighted by atomic mass is 16.5. The molecule has 3 aliphatic rings. The Morgan fingerprint density at radius 1 is 1.13 bits per heavy atom. The summed E-state index contributed by atoms with van der Waals surface area (Å²) >= 11 is 0. The third kappa shape index (κ3) is 4.61. The molecule has 1 amide bonds. The van der Waals surface area contributed by atoms with Crippen LogP contribution < -0.4 is 4.74 Å². The number of carbonyl (C=O) groups is 1. The number of aromatic nitrogens is 3. The third-order valence-electron chi connectivity index (χ3n) is 7.21. The number of nitrogens with zero attached hydrogens (tertiary/aromatic N) is 4. The Hall–Kier alpha value is -2.41. The molecule has 0 bridgehead atoms. The average Bonchev–Trinajstić information content (AvgIpc) is 3.21. The third-order valence-corrected chi connectivity index (χ3v) is 7.21. The topological polar surface area (TPSA) is 69.5 Å². The lowest BCUT2D eigenvalue weighted by atomic mass is 9.85. The number of benzene rings is 1. The molecule has 1 saturated carbocycles. The Morgan fingerprint density at radius 3 is 2.68 bits per heavy atom. The maximum Gasteiger partial charge on any atom is 0.222 e. The van der Waals surface area contributed by atoms with E-state index in [9.17, 15) is 4.79 Å². The molecule has 5 rings (SSSR count). The summed E-state index contributed by atoms with van der Waals surface area (Å²) in [6, 6.07) is 9.75. The van der Waals surface area contributed by atoms with Gasteiger partial charge in [-0.25, -0.2) is 4.68 Å². The minimum absolute atomic E-state index is 0.236. The normalized spacial score (nSPS) is 21.1. The fraction of sp³-hybridized carbons (Fsp3) is 0.625. The number of rotatable bonds is 5. The number of likely N-dealkylation sites (tertiary alicyclic amines) is 1. The monoisotopic (exact) mass is 424 g/mol. The molecular weight excluding hydrogens is 392 g/mol. The zero-order valence-electron chi connectivity index (χ0n) is 18.2. The van der Waals surface area contributed by atoms with Gasteiger partial charge >= 0.3 is 0 Å². The van der Waals surface area contributed by atoms with Gasteiger partial charge in [-0.3, -0.25) is 4.79 Å². The molecule has 2 aliphatic heterocycles. The summed E-state index contributed by atoms with van der Waals surface area (Å²) < 4.78 is 14.2. The molecule has 0 N–H and O–H groups in total. The zero-order valence-corrected chi connectivity index (χ0v) is 18.2. The Labute approximate surface area is 183 Å². The summed E-state index contributed by atoms with van der Waals surface area (Å²) in [5.41, 5.74) is 1.59.